The zero-order valence-corrected chi connectivity index (χ0v) is 13.1. The van der Waals surface area contributed by atoms with E-state index < -0.39 is 5.54 Å². The predicted molar refractivity (Wildman–Crippen MR) is 86.9 cm³/mol. The van der Waals surface area contributed by atoms with Crippen molar-refractivity contribution in [2.45, 2.75) is 32.4 Å². The van der Waals surface area contributed by atoms with Crippen LogP contribution in [0.25, 0.3) is 0 Å². The van der Waals surface area contributed by atoms with Gasteiger partial charge in [0.05, 0.1) is 6.61 Å². The molecule has 0 heterocycles. The molecule has 2 aromatic rings. The molecule has 0 fully saturated rings. The molecule has 0 aromatic heterocycles. The van der Waals surface area contributed by atoms with E-state index in [1.165, 1.54) is 12.1 Å². The molecular formula is C17H21NO5. The third-order valence-corrected chi connectivity index (χ3v) is 3.19. The van der Waals surface area contributed by atoms with Crippen LogP contribution in [0.15, 0.2) is 48.5 Å². The molecule has 2 rings (SSSR count). The molecule has 6 nitrogen and oxygen atoms in total. The van der Waals surface area contributed by atoms with Crippen LogP contribution in [0.2, 0.25) is 0 Å². The van der Waals surface area contributed by atoms with Crippen LogP contribution in [-0.4, -0.2) is 25.8 Å². The molecule has 124 valence electrons. The van der Waals surface area contributed by atoms with Crippen molar-refractivity contribution in [2.75, 3.05) is 0 Å². The first-order valence-electron chi connectivity index (χ1n) is 7.06. The van der Waals surface area contributed by atoms with E-state index in [2.05, 4.69) is 0 Å². The first-order chi connectivity index (χ1) is 10.7. The Morgan fingerprint density at radius 3 is 1.65 bits per heavy atom. The third kappa shape index (κ3) is 6.36. The van der Waals surface area contributed by atoms with E-state index in [0.717, 1.165) is 11.1 Å². The summed E-state index contributed by atoms with van der Waals surface area (Å²) in [5, 5.41) is 37.0. The number of nitrogens with zero attached hydrogens (tertiary/aromatic N) is 1. The summed E-state index contributed by atoms with van der Waals surface area (Å²) in [6.45, 7) is 3.19. The standard InChI is InChI=1S/C10H13NO3.C7H8O2/c1-10(2,11(13)14)7-8-3-5-9(12)6-4-8;8-5-6-1-3-7(9)4-2-6/h3-6,12H,7H2,1-2H3;1-4,8-9H,5H2. The highest BCUT2D eigenvalue weighted by Crippen LogP contribution is 2.18. The van der Waals surface area contributed by atoms with Crippen LogP contribution in [-0.2, 0) is 13.0 Å². The number of benzene rings is 2. The van der Waals surface area contributed by atoms with Gasteiger partial charge in [-0.25, -0.2) is 0 Å². The van der Waals surface area contributed by atoms with Crippen LogP contribution >= 0.6 is 0 Å². The number of hydrogen-bond donors (Lipinski definition) is 3. The first-order valence-corrected chi connectivity index (χ1v) is 7.06. The highest BCUT2D eigenvalue weighted by Gasteiger charge is 2.30. The maximum atomic E-state index is 10.6. The molecule has 0 aliphatic rings. The molecule has 2 aromatic carbocycles. The van der Waals surface area contributed by atoms with Gasteiger partial charge in [-0.1, -0.05) is 24.3 Å². The number of aliphatic hydroxyl groups is 1. The average Bonchev–Trinajstić information content (AvgIpc) is 2.51. The van der Waals surface area contributed by atoms with Crippen molar-refractivity contribution >= 4 is 0 Å². The minimum absolute atomic E-state index is 0.0281. The van der Waals surface area contributed by atoms with E-state index in [9.17, 15) is 10.1 Å². The number of nitro groups is 1. The highest BCUT2D eigenvalue weighted by molar-refractivity contribution is 5.26. The Bertz CT molecular complexity index is 620. The van der Waals surface area contributed by atoms with E-state index in [1.54, 1.807) is 50.2 Å². The summed E-state index contributed by atoms with van der Waals surface area (Å²) in [7, 11) is 0. The van der Waals surface area contributed by atoms with E-state index in [-0.39, 0.29) is 23.0 Å². The second-order valence-corrected chi connectivity index (χ2v) is 5.74. The lowest BCUT2D eigenvalue weighted by atomic mass is 9.96. The lowest BCUT2D eigenvalue weighted by Gasteiger charge is -2.15. The summed E-state index contributed by atoms with van der Waals surface area (Å²) in [5.41, 5.74) is 0.703. The summed E-state index contributed by atoms with van der Waals surface area (Å²) >= 11 is 0. The minimum Gasteiger partial charge on any atom is -0.508 e. The second-order valence-electron chi connectivity index (χ2n) is 5.74. The molecule has 0 unspecified atom stereocenters. The monoisotopic (exact) mass is 319 g/mol. The maximum Gasteiger partial charge on any atom is 0.220 e. The summed E-state index contributed by atoms with van der Waals surface area (Å²) < 4.78 is 0. The second kappa shape index (κ2) is 8.14. The largest absolute Gasteiger partial charge is 0.508 e. The predicted octanol–water partition coefficient (Wildman–Crippen LogP) is 2.87. The molecule has 0 atom stereocenters. The normalized spacial score (nSPS) is 10.6. The van der Waals surface area contributed by atoms with Crippen LogP contribution in [0.5, 0.6) is 11.5 Å². The van der Waals surface area contributed by atoms with Gasteiger partial charge in [-0.3, -0.25) is 10.1 Å². The van der Waals surface area contributed by atoms with E-state index >= 15 is 0 Å². The molecule has 6 heteroatoms. The molecule has 3 N–H and O–H groups in total. The van der Waals surface area contributed by atoms with E-state index in [4.69, 9.17) is 15.3 Å². The Hall–Kier alpha value is -2.60. The number of phenolic OH excluding ortho intramolecular Hbond substituents is 2. The fourth-order valence-electron chi connectivity index (χ4n) is 1.78. The molecule has 23 heavy (non-hydrogen) atoms. The van der Waals surface area contributed by atoms with Crippen molar-refractivity contribution in [3.8, 4) is 11.5 Å². The first kappa shape index (κ1) is 18.4. The number of phenols is 2. The molecule has 0 amide bonds. The van der Waals surface area contributed by atoms with Crippen molar-refractivity contribution in [2.24, 2.45) is 0 Å². The SMILES string of the molecule is CC(C)(Cc1ccc(O)cc1)[N+](=O)[O-].OCc1ccc(O)cc1. The number of rotatable bonds is 4. The van der Waals surface area contributed by atoms with Crippen LogP contribution in [0.1, 0.15) is 25.0 Å². The minimum atomic E-state index is -0.961. The van der Waals surface area contributed by atoms with Crippen molar-refractivity contribution < 1.29 is 20.2 Å². The zero-order valence-electron chi connectivity index (χ0n) is 13.1. The highest BCUT2D eigenvalue weighted by atomic mass is 16.6. The van der Waals surface area contributed by atoms with Gasteiger partial charge in [-0.05, 0) is 35.4 Å². The topological polar surface area (TPSA) is 104 Å². The Balaban J connectivity index is 0.000000253. The fourth-order valence-corrected chi connectivity index (χ4v) is 1.78. The van der Waals surface area contributed by atoms with Crippen molar-refractivity contribution in [3.05, 3.63) is 69.8 Å². The van der Waals surface area contributed by atoms with Crippen LogP contribution < -0.4 is 0 Å². The molecule has 0 bridgehead atoms. The molecule has 0 aliphatic heterocycles. The molecule has 0 aliphatic carbocycles. The zero-order chi connectivity index (χ0) is 17.5. The lowest BCUT2D eigenvalue weighted by Crippen LogP contribution is -2.33. The lowest BCUT2D eigenvalue weighted by molar-refractivity contribution is -0.560. The number of hydrogen-bond acceptors (Lipinski definition) is 5. The van der Waals surface area contributed by atoms with Gasteiger partial charge < -0.3 is 15.3 Å². The molecule has 0 saturated carbocycles. The van der Waals surface area contributed by atoms with Crippen molar-refractivity contribution in [3.63, 3.8) is 0 Å². The summed E-state index contributed by atoms with van der Waals surface area (Å²) in [6.07, 6.45) is 0.361. The molecule has 0 spiro atoms. The van der Waals surface area contributed by atoms with Crippen molar-refractivity contribution in [1.82, 2.24) is 0 Å². The number of aromatic hydroxyl groups is 2. The van der Waals surface area contributed by atoms with E-state index in [1.807, 2.05) is 0 Å². The molecular weight excluding hydrogens is 298 g/mol. The van der Waals surface area contributed by atoms with Gasteiger partial charge in [0.15, 0.2) is 0 Å². The Morgan fingerprint density at radius 2 is 1.30 bits per heavy atom. The fraction of sp³-hybridized carbons (Fsp3) is 0.294. The van der Waals surface area contributed by atoms with Crippen molar-refractivity contribution in [1.29, 1.82) is 0 Å². The van der Waals surface area contributed by atoms with Gasteiger partial charge in [-0.15, -0.1) is 0 Å². The van der Waals surface area contributed by atoms with Gasteiger partial charge in [0, 0.05) is 25.2 Å². The third-order valence-electron chi connectivity index (χ3n) is 3.19. The molecule has 0 radical (unpaired) electrons. The van der Waals surface area contributed by atoms with Gasteiger partial charge >= 0.3 is 0 Å². The Kier molecular flexibility index (Phi) is 6.53. The van der Waals surface area contributed by atoms with Gasteiger partial charge in [0.2, 0.25) is 5.54 Å². The Morgan fingerprint density at radius 1 is 0.913 bits per heavy atom. The summed E-state index contributed by atoms with van der Waals surface area (Å²) in [6, 6.07) is 12.9. The Labute approximate surface area is 134 Å². The maximum absolute atomic E-state index is 10.6. The quantitative estimate of drug-likeness (QED) is 0.594. The van der Waals surface area contributed by atoms with Crippen LogP contribution in [0, 0.1) is 10.1 Å². The van der Waals surface area contributed by atoms with Gasteiger partial charge in [-0.2, -0.15) is 0 Å². The van der Waals surface area contributed by atoms with Crippen LogP contribution in [0.3, 0.4) is 0 Å². The van der Waals surface area contributed by atoms with Crippen LogP contribution in [0.4, 0.5) is 0 Å². The van der Waals surface area contributed by atoms with Gasteiger partial charge in [0.1, 0.15) is 11.5 Å². The smallest absolute Gasteiger partial charge is 0.220 e. The average molecular weight is 319 g/mol. The number of aliphatic hydroxyl groups excluding tert-OH is 1. The summed E-state index contributed by atoms with van der Waals surface area (Å²) in [5.74, 6) is 0.403. The summed E-state index contributed by atoms with van der Waals surface area (Å²) in [4.78, 5) is 10.4. The van der Waals surface area contributed by atoms with E-state index in [0.29, 0.717) is 6.42 Å². The van der Waals surface area contributed by atoms with Gasteiger partial charge in [0.25, 0.3) is 0 Å². The molecule has 0 saturated heterocycles.